The third-order valence-electron chi connectivity index (χ3n) is 2.17. The first-order valence-electron chi connectivity index (χ1n) is 4.02. The molecule has 2 atom stereocenters. The summed E-state index contributed by atoms with van der Waals surface area (Å²) in [6.07, 6.45) is 2.01. The maximum absolute atomic E-state index is 5.33. The Morgan fingerprint density at radius 1 is 1.60 bits per heavy atom. The topological polar surface area (TPSA) is 36.6 Å². The van der Waals surface area contributed by atoms with Gasteiger partial charge in [-0.25, -0.2) is 0 Å². The summed E-state index contributed by atoms with van der Waals surface area (Å²) >= 11 is 0. The van der Waals surface area contributed by atoms with Crippen molar-refractivity contribution in [1.82, 2.24) is 10.6 Å². The van der Waals surface area contributed by atoms with Crippen LogP contribution in [0, 0.1) is 0 Å². The van der Waals surface area contributed by atoms with Gasteiger partial charge in [-0.05, 0) is 6.42 Å². The molecule has 3 heteroatoms. The van der Waals surface area contributed by atoms with Crippen LogP contribution in [0.2, 0.25) is 0 Å². The summed E-state index contributed by atoms with van der Waals surface area (Å²) in [5.74, 6) is 0. The van der Waals surface area contributed by atoms with E-state index in [1.165, 1.54) is 0 Å². The van der Waals surface area contributed by atoms with Gasteiger partial charge < -0.3 is 10.1 Å². The lowest BCUT2D eigenvalue weighted by molar-refractivity contribution is 0.286. The molecule has 0 bridgehead atoms. The second-order valence-corrected chi connectivity index (χ2v) is 3.03. The van der Waals surface area contributed by atoms with Gasteiger partial charge in [0.2, 0.25) is 0 Å². The van der Waals surface area contributed by atoms with Gasteiger partial charge in [0.25, 0.3) is 0 Å². The highest BCUT2D eigenvalue weighted by Crippen LogP contribution is 2.22. The molecule has 2 heterocycles. The summed E-state index contributed by atoms with van der Waals surface area (Å²) in [6.45, 7) is 4.37. The van der Waals surface area contributed by atoms with E-state index >= 15 is 0 Å². The second kappa shape index (κ2) is 2.49. The third-order valence-corrected chi connectivity index (χ3v) is 2.17. The summed E-state index contributed by atoms with van der Waals surface area (Å²) in [5.41, 5.74) is 0. The molecular formula is C7H14N2O. The molecule has 2 aliphatic rings. The van der Waals surface area contributed by atoms with Crippen LogP contribution in [0.15, 0.2) is 0 Å². The molecule has 2 fully saturated rings. The maximum atomic E-state index is 5.33. The number of epoxide rings is 1. The molecule has 0 radical (unpaired) electrons. The first kappa shape index (κ1) is 6.58. The van der Waals surface area contributed by atoms with Gasteiger partial charge in [0.1, 0.15) is 6.23 Å². The fourth-order valence-electron chi connectivity index (χ4n) is 1.24. The Labute approximate surface area is 61.1 Å². The molecule has 3 nitrogen and oxygen atoms in total. The Bertz CT molecular complexity index is 125. The zero-order chi connectivity index (χ0) is 6.97. The van der Waals surface area contributed by atoms with E-state index in [4.69, 9.17) is 4.74 Å². The van der Waals surface area contributed by atoms with Gasteiger partial charge in [-0.3, -0.25) is 5.32 Å². The normalized spacial score (nSPS) is 39.3. The maximum Gasteiger partial charge on any atom is 0.135 e. The van der Waals surface area contributed by atoms with Gasteiger partial charge in [0, 0.05) is 19.1 Å². The predicted octanol–water partition coefficient (Wildman–Crippen LogP) is -0.317. The first-order valence-corrected chi connectivity index (χ1v) is 4.02. The van der Waals surface area contributed by atoms with E-state index in [9.17, 15) is 0 Å². The van der Waals surface area contributed by atoms with E-state index in [-0.39, 0.29) is 0 Å². The van der Waals surface area contributed by atoms with Crippen LogP contribution in [0.4, 0.5) is 0 Å². The van der Waals surface area contributed by atoms with Gasteiger partial charge in [-0.15, -0.1) is 0 Å². The highest BCUT2D eigenvalue weighted by molar-refractivity contribution is 4.89. The molecule has 0 spiro atoms. The van der Waals surface area contributed by atoms with Crippen molar-refractivity contribution >= 4 is 0 Å². The smallest absolute Gasteiger partial charge is 0.135 e. The quantitative estimate of drug-likeness (QED) is 0.530. The number of hydrogen-bond acceptors (Lipinski definition) is 3. The molecule has 0 aliphatic carbocycles. The minimum atomic E-state index is 0.372. The number of hydrogen-bond donors (Lipinski definition) is 2. The molecule has 0 amide bonds. The van der Waals surface area contributed by atoms with Gasteiger partial charge in [0.15, 0.2) is 0 Å². The zero-order valence-electron chi connectivity index (χ0n) is 6.26. The van der Waals surface area contributed by atoms with E-state index in [1.54, 1.807) is 0 Å². The molecule has 0 aromatic rings. The van der Waals surface area contributed by atoms with E-state index in [2.05, 4.69) is 17.6 Å². The predicted molar refractivity (Wildman–Crippen MR) is 38.7 cm³/mol. The van der Waals surface area contributed by atoms with Crippen molar-refractivity contribution < 1.29 is 4.74 Å². The molecule has 2 N–H and O–H groups in total. The lowest BCUT2D eigenvalue weighted by Crippen LogP contribution is -2.56. The molecular weight excluding hydrogens is 128 g/mol. The Balaban J connectivity index is 1.63. The SMILES string of the molecule is CCC1OC1NC1CNC1. The Morgan fingerprint density at radius 2 is 2.40 bits per heavy atom. The fourth-order valence-corrected chi connectivity index (χ4v) is 1.24. The summed E-state index contributed by atoms with van der Waals surface area (Å²) in [7, 11) is 0. The molecule has 0 saturated carbocycles. The highest BCUT2D eigenvalue weighted by atomic mass is 16.6. The van der Waals surface area contributed by atoms with E-state index in [1.807, 2.05) is 0 Å². The lowest BCUT2D eigenvalue weighted by Gasteiger charge is -2.27. The Kier molecular flexibility index (Phi) is 1.64. The van der Waals surface area contributed by atoms with E-state index < -0.39 is 0 Å². The van der Waals surface area contributed by atoms with Crippen molar-refractivity contribution in [1.29, 1.82) is 0 Å². The van der Waals surface area contributed by atoms with Crippen LogP contribution in [0.3, 0.4) is 0 Å². The van der Waals surface area contributed by atoms with Gasteiger partial charge in [-0.2, -0.15) is 0 Å². The molecule has 2 rings (SSSR count). The van der Waals surface area contributed by atoms with Crippen molar-refractivity contribution in [2.75, 3.05) is 13.1 Å². The number of ether oxygens (including phenoxy) is 1. The largest absolute Gasteiger partial charge is 0.353 e. The molecule has 58 valence electrons. The minimum absolute atomic E-state index is 0.372. The Hall–Kier alpha value is -0.120. The summed E-state index contributed by atoms with van der Waals surface area (Å²) in [4.78, 5) is 0. The number of rotatable bonds is 3. The second-order valence-electron chi connectivity index (χ2n) is 3.03. The fraction of sp³-hybridized carbons (Fsp3) is 1.00. The van der Waals surface area contributed by atoms with Crippen LogP contribution in [0.25, 0.3) is 0 Å². The van der Waals surface area contributed by atoms with Crippen LogP contribution in [0.5, 0.6) is 0 Å². The molecule has 2 unspecified atom stereocenters. The molecule has 2 saturated heterocycles. The average molecular weight is 142 g/mol. The van der Waals surface area contributed by atoms with Crippen molar-refractivity contribution in [3.8, 4) is 0 Å². The summed E-state index contributed by atoms with van der Waals surface area (Å²) in [5, 5.41) is 6.62. The monoisotopic (exact) mass is 142 g/mol. The first-order chi connectivity index (χ1) is 4.90. The van der Waals surface area contributed by atoms with Crippen LogP contribution in [-0.2, 0) is 4.74 Å². The average Bonchev–Trinajstić information content (AvgIpc) is 2.57. The van der Waals surface area contributed by atoms with Crippen molar-refractivity contribution in [3.05, 3.63) is 0 Å². The van der Waals surface area contributed by atoms with Crippen molar-refractivity contribution in [3.63, 3.8) is 0 Å². The van der Waals surface area contributed by atoms with Gasteiger partial charge in [-0.1, -0.05) is 6.92 Å². The van der Waals surface area contributed by atoms with Crippen LogP contribution >= 0.6 is 0 Å². The molecule has 10 heavy (non-hydrogen) atoms. The highest BCUT2D eigenvalue weighted by Gasteiger charge is 2.39. The standard InChI is InChI=1S/C7H14N2O/c1-2-6-7(10-6)9-5-3-8-4-5/h5-9H,2-4H2,1H3. The summed E-state index contributed by atoms with van der Waals surface area (Å²) < 4.78 is 5.33. The summed E-state index contributed by atoms with van der Waals surface area (Å²) in [6, 6.07) is 0.668. The van der Waals surface area contributed by atoms with E-state index in [0.717, 1.165) is 19.5 Å². The van der Waals surface area contributed by atoms with Gasteiger partial charge in [0.05, 0.1) is 6.10 Å². The Morgan fingerprint density at radius 3 is 2.80 bits per heavy atom. The van der Waals surface area contributed by atoms with E-state index in [0.29, 0.717) is 18.4 Å². The molecule has 0 aromatic heterocycles. The van der Waals surface area contributed by atoms with Crippen molar-refractivity contribution in [2.24, 2.45) is 0 Å². The van der Waals surface area contributed by atoms with Gasteiger partial charge >= 0.3 is 0 Å². The van der Waals surface area contributed by atoms with Crippen molar-refractivity contribution in [2.45, 2.75) is 31.7 Å². The third kappa shape index (κ3) is 1.17. The lowest BCUT2D eigenvalue weighted by atomic mass is 10.2. The minimum Gasteiger partial charge on any atom is -0.353 e. The van der Waals surface area contributed by atoms with Crippen LogP contribution in [-0.4, -0.2) is 31.5 Å². The molecule has 2 aliphatic heterocycles. The number of nitrogens with one attached hydrogen (secondary N) is 2. The molecule has 0 aromatic carbocycles. The zero-order valence-corrected chi connectivity index (χ0v) is 6.26. The van der Waals surface area contributed by atoms with Crippen LogP contribution in [0.1, 0.15) is 13.3 Å². The van der Waals surface area contributed by atoms with Crippen LogP contribution < -0.4 is 10.6 Å².